The molecule has 0 aliphatic rings. The molecular formula is C19H20NO5P. The number of aliphatic carboxylic acids is 1. The summed E-state index contributed by atoms with van der Waals surface area (Å²) in [4.78, 5) is 24.4. The van der Waals surface area contributed by atoms with Gasteiger partial charge in [0.05, 0.1) is 12.3 Å². The molecule has 2 atom stereocenters. The van der Waals surface area contributed by atoms with Crippen molar-refractivity contribution < 1.29 is 23.9 Å². The molecule has 0 bridgehead atoms. The summed E-state index contributed by atoms with van der Waals surface area (Å²) in [6.45, 7) is 0. The number of hydrogen-bond acceptors (Lipinski definition) is 3. The number of carboxylic acid groups (broad SMARTS) is 1. The van der Waals surface area contributed by atoms with E-state index in [1.54, 1.807) is 30.5 Å². The number of hydrogen-bond donors (Lipinski definition) is 3. The summed E-state index contributed by atoms with van der Waals surface area (Å²) in [5.74, 6) is -0.978. The minimum absolute atomic E-state index is 0.108. The first-order chi connectivity index (χ1) is 12.4. The van der Waals surface area contributed by atoms with E-state index in [-0.39, 0.29) is 19.0 Å². The normalized spacial score (nSPS) is 14.8. The molecule has 0 saturated carbocycles. The van der Waals surface area contributed by atoms with Crippen LogP contribution in [0.15, 0.2) is 60.8 Å². The minimum Gasteiger partial charge on any atom is -0.481 e. The monoisotopic (exact) mass is 373 g/mol. The number of nitrogens with one attached hydrogen (secondary N) is 1. The number of fused-ring (bicyclic) bond motifs is 1. The molecule has 0 radical (unpaired) electrons. The molecule has 7 heteroatoms. The van der Waals surface area contributed by atoms with E-state index in [0.717, 1.165) is 10.9 Å². The number of rotatable bonds is 8. The van der Waals surface area contributed by atoms with Crippen LogP contribution < -0.4 is 0 Å². The Hall–Kier alpha value is -2.40. The molecule has 0 fully saturated rings. The fraction of sp³-hybridized carbons (Fsp3) is 0.211. The van der Waals surface area contributed by atoms with E-state index in [1.165, 1.54) is 0 Å². The van der Waals surface area contributed by atoms with Gasteiger partial charge in [-0.2, -0.15) is 0 Å². The van der Waals surface area contributed by atoms with Crippen LogP contribution >= 0.6 is 7.60 Å². The van der Waals surface area contributed by atoms with Crippen LogP contribution in [0, 0.1) is 0 Å². The number of carbonyl (C=O) groups is 1. The van der Waals surface area contributed by atoms with Gasteiger partial charge >= 0.3 is 13.6 Å². The van der Waals surface area contributed by atoms with E-state index in [0.29, 0.717) is 11.1 Å². The second-order valence-electron chi connectivity index (χ2n) is 6.10. The molecule has 1 aromatic heterocycles. The number of aromatic nitrogens is 1. The molecule has 3 aromatic rings. The summed E-state index contributed by atoms with van der Waals surface area (Å²) in [6.07, 6.45) is 0.743. The number of H-pyrrole nitrogens is 1. The Morgan fingerprint density at radius 2 is 1.81 bits per heavy atom. The third-order valence-electron chi connectivity index (χ3n) is 4.11. The van der Waals surface area contributed by atoms with Gasteiger partial charge in [-0.25, -0.2) is 0 Å². The van der Waals surface area contributed by atoms with Crippen molar-refractivity contribution in [2.75, 3.05) is 0 Å². The molecule has 0 amide bonds. The Kier molecular flexibility index (Phi) is 5.57. The smallest absolute Gasteiger partial charge is 0.333 e. The van der Waals surface area contributed by atoms with Gasteiger partial charge in [-0.05, 0) is 18.1 Å². The van der Waals surface area contributed by atoms with E-state index in [4.69, 9.17) is 9.63 Å². The van der Waals surface area contributed by atoms with Crippen LogP contribution in [-0.4, -0.2) is 21.0 Å². The lowest BCUT2D eigenvalue weighted by Crippen LogP contribution is -2.07. The first-order valence-corrected chi connectivity index (χ1v) is 10.0. The largest absolute Gasteiger partial charge is 0.481 e. The molecule has 2 aromatic carbocycles. The maximum Gasteiger partial charge on any atom is 0.333 e. The summed E-state index contributed by atoms with van der Waals surface area (Å²) >= 11 is 0. The highest BCUT2D eigenvalue weighted by Gasteiger charge is 2.28. The number of benzene rings is 2. The SMILES string of the molecule is O=C(O)CCC(OP(=O)(O)Cc1ccccc1)c1c[nH]c2ccccc12. The predicted molar refractivity (Wildman–Crippen MR) is 99.0 cm³/mol. The van der Waals surface area contributed by atoms with Gasteiger partial charge in [-0.3, -0.25) is 9.36 Å². The van der Waals surface area contributed by atoms with Crippen molar-refractivity contribution >= 4 is 24.5 Å². The third kappa shape index (κ3) is 4.61. The quantitative estimate of drug-likeness (QED) is 0.506. The summed E-state index contributed by atoms with van der Waals surface area (Å²) in [6, 6.07) is 16.4. The Bertz CT molecular complexity index is 937. The van der Waals surface area contributed by atoms with Crippen molar-refractivity contribution in [2.24, 2.45) is 0 Å². The van der Waals surface area contributed by atoms with E-state index in [1.807, 2.05) is 30.3 Å². The molecule has 136 valence electrons. The first-order valence-electron chi connectivity index (χ1n) is 8.26. The zero-order chi connectivity index (χ0) is 18.6. The zero-order valence-electron chi connectivity index (χ0n) is 14.0. The Balaban J connectivity index is 1.86. The van der Waals surface area contributed by atoms with Gasteiger partial charge in [-0.15, -0.1) is 0 Å². The average Bonchev–Trinajstić information content (AvgIpc) is 3.03. The lowest BCUT2D eigenvalue weighted by atomic mass is 10.0. The summed E-state index contributed by atoms with van der Waals surface area (Å²) in [5, 5.41) is 9.86. The molecule has 6 nitrogen and oxygen atoms in total. The number of para-hydroxylation sites is 1. The Labute approximate surface area is 151 Å². The van der Waals surface area contributed by atoms with Crippen LogP contribution in [0.4, 0.5) is 0 Å². The Morgan fingerprint density at radius 1 is 1.12 bits per heavy atom. The average molecular weight is 373 g/mol. The van der Waals surface area contributed by atoms with Crippen LogP contribution in [0.2, 0.25) is 0 Å². The zero-order valence-corrected chi connectivity index (χ0v) is 14.9. The van der Waals surface area contributed by atoms with Crippen LogP contribution in [-0.2, 0) is 20.0 Å². The van der Waals surface area contributed by atoms with Crippen molar-refractivity contribution in [1.29, 1.82) is 0 Å². The predicted octanol–water partition coefficient (Wildman–Crippen LogP) is 4.48. The highest BCUT2D eigenvalue weighted by Crippen LogP contribution is 2.51. The fourth-order valence-corrected chi connectivity index (χ4v) is 4.29. The van der Waals surface area contributed by atoms with E-state index >= 15 is 0 Å². The van der Waals surface area contributed by atoms with Crippen molar-refractivity contribution in [2.45, 2.75) is 25.1 Å². The van der Waals surface area contributed by atoms with Crippen molar-refractivity contribution in [3.63, 3.8) is 0 Å². The van der Waals surface area contributed by atoms with Gasteiger partial charge < -0.3 is 19.5 Å². The Morgan fingerprint density at radius 3 is 2.54 bits per heavy atom. The first kappa shape index (κ1) is 18.4. The summed E-state index contributed by atoms with van der Waals surface area (Å²) < 4.78 is 18.2. The molecule has 2 unspecified atom stereocenters. The summed E-state index contributed by atoms with van der Waals surface area (Å²) in [7, 11) is -3.96. The molecule has 1 heterocycles. The molecule has 0 aliphatic carbocycles. The topological polar surface area (TPSA) is 99.6 Å². The van der Waals surface area contributed by atoms with Gasteiger partial charge in [0.1, 0.15) is 0 Å². The lowest BCUT2D eigenvalue weighted by molar-refractivity contribution is -0.137. The van der Waals surface area contributed by atoms with Gasteiger partial charge in [0, 0.05) is 29.1 Å². The van der Waals surface area contributed by atoms with Crippen LogP contribution in [0.5, 0.6) is 0 Å². The van der Waals surface area contributed by atoms with E-state index in [2.05, 4.69) is 4.98 Å². The van der Waals surface area contributed by atoms with Gasteiger partial charge in [0.25, 0.3) is 0 Å². The molecule has 0 saturated heterocycles. The van der Waals surface area contributed by atoms with Crippen molar-refractivity contribution in [3.05, 3.63) is 71.9 Å². The second-order valence-corrected chi connectivity index (χ2v) is 7.90. The van der Waals surface area contributed by atoms with E-state index < -0.39 is 19.7 Å². The highest BCUT2D eigenvalue weighted by molar-refractivity contribution is 7.51. The summed E-state index contributed by atoms with van der Waals surface area (Å²) in [5.41, 5.74) is 2.24. The second kappa shape index (κ2) is 7.87. The molecular weight excluding hydrogens is 353 g/mol. The van der Waals surface area contributed by atoms with Crippen LogP contribution in [0.1, 0.15) is 30.1 Å². The maximum atomic E-state index is 12.6. The molecule has 3 N–H and O–H groups in total. The lowest BCUT2D eigenvalue weighted by Gasteiger charge is -2.21. The van der Waals surface area contributed by atoms with Crippen LogP contribution in [0.3, 0.4) is 0 Å². The maximum absolute atomic E-state index is 12.6. The van der Waals surface area contributed by atoms with Crippen molar-refractivity contribution in [3.8, 4) is 0 Å². The standard InChI is InChI=1S/C19H20NO5P/c21-19(22)11-10-18(16-12-20-17-9-5-4-8-15(16)17)25-26(23,24)13-14-6-2-1-3-7-14/h1-9,12,18,20H,10-11,13H2,(H,21,22)(H,23,24). The van der Waals surface area contributed by atoms with E-state index in [9.17, 15) is 14.3 Å². The highest BCUT2D eigenvalue weighted by atomic mass is 31.2. The van der Waals surface area contributed by atoms with Gasteiger partial charge in [0.2, 0.25) is 0 Å². The minimum atomic E-state index is -3.96. The van der Waals surface area contributed by atoms with Gasteiger partial charge in [0.15, 0.2) is 0 Å². The van der Waals surface area contributed by atoms with Crippen molar-refractivity contribution in [1.82, 2.24) is 4.98 Å². The third-order valence-corrected chi connectivity index (χ3v) is 5.45. The number of aromatic amines is 1. The number of carboxylic acids is 1. The molecule has 0 aliphatic heterocycles. The molecule has 0 spiro atoms. The molecule has 3 rings (SSSR count). The molecule has 26 heavy (non-hydrogen) atoms. The van der Waals surface area contributed by atoms with Gasteiger partial charge in [-0.1, -0.05) is 48.5 Å². The fourth-order valence-electron chi connectivity index (χ4n) is 2.93. The van der Waals surface area contributed by atoms with Crippen LogP contribution in [0.25, 0.3) is 10.9 Å².